The molecule has 25 heavy (non-hydrogen) atoms. The van der Waals surface area contributed by atoms with Gasteiger partial charge in [0.05, 0.1) is 24.7 Å². The summed E-state index contributed by atoms with van der Waals surface area (Å²) in [5.74, 6) is 0.722. The molecule has 0 atom stereocenters. The van der Waals surface area contributed by atoms with E-state index in [0.29, 0.717) is 37.8 Å². The van der Waals surface area contributed by atoms with Crippen molar-refractivity contribution < 1.29 is 17.9 Å². The molecule has 0 unspecified atom stereocenters. The van der Waals surface area contributed by atoms with Gasteiger partial charge in [0.25, 0.3) is 0 Å². The van der Waals surface area contributed by atoms with Gasteiger partial charge < -0.3 is 14.4 Å². The molecule has 3 rings (SSSR count). The maximum atomic E-state index is 12.6. The first-order valence-electron chi connectivity index (χ1n) is 9.19. The van der Waals surface area contributed by atoms with E-state index in [0.717, 1.165) is 18.7 Å². The van der Waals surface area contributed by atoms with Gasteiger partial charge in [-0.1, -0.05) is 6.42 Å². The summed E-state index contributed by atoms with van der Waals surface area (Å²) in [6, 6.07) is 6.75. The van der Waals surface area contributed by atoms with Gasteiger partial charge in [0.2, 0.25) is 10.0 Å². The number of nitrogens with zero attached hydrogens (tertiary/aromatic N) is 2. The van der Waals surface area contributed by atoms with Crippen LogP contribution in [-0.4, -0.2) is 70.2 Å². The lowest BCUT2D eigenvalue weighted by Crippen LogP contribution is -2.40. The summed E-state index contributed by atoms with van der Waals surface area (Å²) >= 11 is 0. The van der Waals surface area contributed by atoms with Gasteiger partial charge in [0.15, 0.2) is 0 Å². The first kappa shape index (κ1) is 18.6. The van der Waals surface area contributed by atoms with E-state index in [9.17, 15) is 8.42 Å². The molecule has 2 aliphatic rings. The SMILES string of the molecule is O=S(=O)(c1ccc(OCCCN2CCCCC2)cc1)N1CCOCC1. The van der Waals surface area contributed by atoms with Crippen LogP contribution in [0.4, 0.5) is 0 Å². The molecular formula is C18H28N2O4S. The number of sulfonamides is 1. The third-order valence-electron chi connectivity index (χ3n) is 4.77. The molecule has 2 heterocycles. The van der Waals surface area contributed by atoms with Crippen molar-refractivity contribution >= 4 is 10.0 Å². The van der Waals surface area contributed by atoms with Crippen LogP contribution < -0.4 is 4.74 Å². The maximum Gasteiger partial charge on any atom is 0.243 e. The van der Waals surface area contributed by atoms with Crippen LogP contribution in [0.25, 0.3) is 0 Å². The molecule has 1 aromatic rings. The summed E-state index contributed by atoms with van der Waals surface area (Å²) in [6.45, 7) is 5.88. The minimum absolute atomic E-state index is 0.315. The number of piperidine rings is 1. The van der Waals surface area contributed by atoms with Crippen LogP contribution in [0.3, 0.4) is 0 Å². The van der Waals surface area contributed by atoms with Crippen LogP contribution >= 0.6 is 0 Å². The fourth-order valence-corrected chi connectivity index (χ4v) is 4.71. The zero-order chi connectivity index (χ0) is 17.5. The van der Waals surface area contributed by atoms with Gasteiger partial charge in [0, 0.05) is 19.6 Å². The molecule has 2 saturated heterocycles. The summed E-state index contributed by atoms with van der Waals surface area (Å²) in [5, 5.41) is 0. The van der Waals surface area contributed by atoms with Crippen LogP contribution in [-0.2, 0) is 14.8 Å². The Bertz CT molecular complexity index is 621. The fourth-order valence-electron chi connectivity index (χ4n) is 3.31. The second-order valence-electron chi connectivity index (χ2n) is 6.59. The van der Waals surface area contributed by atoms with Crippen molar-refractivity contribution in [2.45, 2.75) is 30.6 Å². The fraction of sp³-hybridized carbons (Fsp3) is 0.667. The Hall–Kier alpha value is -1.15. The lowest BCUT2D eigenvalue weighted by Gasteiger charge is -2.26. The van der Waals surface area contributed by atoms with Gasteiger partial charge in [-0.2, -0.15) is 4.31 Å². The summed E-state index contributed by atoms with van der Waals surface area (Å²) in [7, 11) is -3.43. The van der Waals surface area contributed by atoms with Gasteiger partial charge in [-0.25, -0.2) is 8.42 Å². The second kappa shape index (κ2) is 8.98. The van der Waals surface area contributed by atoms with E-state index < -0.39 is 10.0 Å². The third kappa shape index (κ3) is 5.17. The van der Waals surface area contributed by atoms with Crippen molar-refractivity contribution in [3.05, 3.63) is 24.3 Å². The summed E-state index contributed by atoms with van der Waals surface area (Å²) in [6.07, 6.45) is 4.96. The summed E-state index contributed by atoms with van der Waals surface area (Å²) in [5.41, 5.74) is 0. The Morgan fingerprint density at radius 3 is 2.32 bits per heavy atom. The highest BCUT2D eigenvalue weighted by Crippen LogP contribution is 2.20. The molecule has 0 aromatic heterocycles. The number of benzene rings is 1. The number of likely N-dealkylation sites (tertiary alicyclic amines) is 1. The molecule has 0 radical (unpaired) electrons. The van der Waals surface area contributed by atoms with Crippen molar-refractivity contribution in [1.82, 2.24) is 9.21 Å². The van der Waals surface area contributed by atoms with E-state index in [4.69, 9.17) is 9.47 Å². The molecular weight excluding hydrogens is 340 g/mol. The molecule has 7 heteroatoms. The Kier molecular flexibility index (Phi) is 6.70. The molecule has 2 fully saturated rings. The Labute approximate surface area is 150 Å². The van der Waals surface area contributed by atoms with E-state index >= 15 is 0 Å². The average Bonchev–Trinajstić information content (AvgIpc) is 2.67. The smallest absolute Gasteiger partial charge is 0.243 e. The highest BCUT2D eigenvalue weighted by atomic mass is 32.2. The minimum Gasteiger partial charge on any atom is -0.494 e. The number of rotatable bonds is 7. The molecule has 0 aliphatic carbocycles. The Morgan fingerprint density at radius 1 is 0.960 bits per heavy atom. The van der Waals surface area contributed by atoms with Crippen molar-refractivity contribution in [3.8, 4) is 5.75 Å². The molecule has 0 N–H and O–H groups in total. The number of morpholine rings is 1. The maximum absolute atomic E-state index is 12.6. The van der Waals surface area contributed by atoms with Crippen molar-refractivity contribution in [2.75, 3.05) is 52.5 Å². The van der Waals surface area contributed by atoms with Crippen LogP contribution in [0.2, 0.25) is 0 Å². The highest BCUT2D eigenvalue weighted by molar-refractivity contribution is 7.89. The van der Waals surface area contributed by atoms with Crippen LogP contribution in [0.1, 0.15) is 25.7 Å². The van der Waals surface area contributed by atoms with Gasteiger partial charge >= 0.3 is 0 Å². The second-order valence-corrected chi connectivity index (χ2v) is 8.53. The predicted molar refractivity (Wildman–Crippen MR) is 96.4 cm³/mol. The average molecular weight is 368 g/mol. The zero-order valence-electron chi connectivity index (χ0n) is 14.7. The topological polar surface area (TPSA) is 59.1 Å². The largest absolute Gasteiger partial charge is 0.494 e. The summed E-state index contributed by atoms with van der Waals surface area (Å²) in [4.78, 5) is 2.81. The van der Waals surface area contributed by atoms with Gasteiger partial charge in [0.1, 0.15) is 5.75 Å². The molecule has 2 aliphatic heterocycles. The highest BCUT2D eigenvalue weighted by Gasteiger charge is 2.26. The van der Waals surface area contributed by atoms with Crippen LogP contribution in [0.5, 0.6) is 5.75 Å². The van der Waals surface area contributed by atoms with Gasteiger partial charge in [-0.05, 0) is 56.6 Å². The van der Waals surface area contributed by atoms with Gasteiger partial charge in [-0.15, -0.1) is 0 Å². The first-order chi connectivity index (χ1) is 12.2. The monoisotopic (exact) mass is 368 g/mol. The van der Waals surface area contributed by atoms with Crippen LogP contribution in [0, 0.1) is 0 Å². The van der Waals surface area contributed by atoms with Gasteiger partial charge in [-0.3, -0.25) is 0 Å². The zero-order valence-corrected chi connectivity index (χ0v) is 15.5. The standard InChI is InChI=1S/C18H28N2O4S/c21-25(22,20-12-15-23-16-13-20)18-7-5-17(6-8-18)24-14-4-11-19-9-2-1-3-10-19/h5-8H,1-4,9-16H2. The quantitative estimate of drug-likeness (QED) is 0.689. The number of hydrogen-bond acceptors (Lipinski definition) is 5. The molecule has 1 aromatic carbocycles. The molecule has 0 amide bonds. The van der Waals surface area contributed by atoms with E-state index in [1.54, 1.807) is 24.3 Å². The normalized spacial score (nSPS) is 20.5. The van der Waals surface area contributed by atoms with Crippen molar-refractivity contribution in [3.63, 3.8) is 0 Å². The predicted octanol–water partition coefficient (Wildman–Crippen LogP) is 1.96. The van der Waals surface area contributed by atoms with Crippen molar-refractivity contribution in [1.29, 1.82) is 0 Å². The van der Waals surface area contributed by atoms with E-state index in [2.05, 4.69) is 4.90 Å². The molecule has 140 valence electrons. The lowest BCUT2D eigenvalue weighted by atomic mass is 10.1. The first-order valence-corrected chi connectivity index (χ1v) is 10.6. The van der Waals surface area contributed by atoms with Crippen LogP contribution in [0.15, 0.2) is 29.2 Å². The Morgan fingerprint density at radius 2 is 1.64 bits per heavy atom. The third-order valence-corrected chi connectivity index (χ3v) is 6.68. The molecule has 0 saturated carbocycles. The van der Waals surface area contributed by atoms with Crippen molar-refractivity contribution in [2.24, 2.45) is 0 Å². The lowest BCUT2D eigenvalue weighted by molar-refractivity contribution is 0.0730. The Balaban J connectivity index is 1.46. The van der Waals surface area contributed by atoms with E-state index in [1.165, 1.54) is 36.7 Å². The number of ether oxygens (including phenoxy) is 2. The minimum atomic E-state index is -3.43. The molecule has 0 spiro atoms. The van der Waals surface area contributed by atoms with E-state index in [-0.39, 0.29) is 0 Å². The van der Waals surface area contributed by atoms with E-state index in [1.807, 2.05) is 0 Å². The number of hydrogen-bond donors (Lipinski definition) is 0. The summed E-state index contributed by atoms with van der Waals surface area (Å²) < 4.78 is 37.6. The molecule has 0 bridgehead atoms. The molecule has 6 nitrogen and oxygen atoms in total.